The summed E-state index contributed by atoms with van der Waals surface area (Å²) in [5.74, 6) is -0.251. The molecule has 0 aliphatic carbocycles. The quantitative estimate of drug-likeness (QED) is 0.891. The Balaban J connectivity index is 1.83. The van der Waals surface area contributed by atoms with E-state index in [0.29, 0.717) is 29.4 Å². The van der Waals surface area contributed by atoms with Crippen molar-refractivity contribution in [1.29, 1.82) is 0 Å². The van der Waals surface area contributed by atoms with Crippen molar-refractivity contribution in [2.24, 2.45) is 0 Å². The Bertz CT molecular complexity index is 637. The summed E-state index contributed by atoms with van der Waals surface area (Å²) in [5.41, 5.74) is 1.36. The van der Waals surface area contributed by atoms with Crippen LogP contribution in [0.25, 0.3) is 0 Å². The van der Waals surface area contributed by atoms with Crippen LogP contribution in [0.1, 0.15) is 13.3 Å². The average molecular weight is 307 g/mol. The van der Waals surface area contributed by atoms with E-state index >= 15 is 0 Å². The highest BCUT2D eigenvalue weighted by Gasteiger charge is 2.04. The molecule has 2 N–H and O–H groups in total. The topological polar surface area (TPSA) is 76.0 Å². The summed E-state index contributed by atoms with van der Waals surface area (Å²) < 4.78 is 1.61. The number of amides is 2. The second-order valence-corrected chi connectivity index (χ2v) is 4.91. The van der Waals surface area contributed by atoms with Gasteiger partial charge in [-0.05, 0) is 24.3 Å². The fraction of sp³-hybridized carbons (Fsp3) is 0.214. The minimum Gasteiger partial charge on any atom is -0.326 e. The Morgan fingerprint density at radius 3 is 2.33 bits per heavy atom. The summed E-state index contributed by atoms with van der Waals surface area (Å²) in [6.07, 6.45) is 3.49. The molecule has 0 fully saturated rings. The number of benzene rings is 1. The van der Waals surface area contributed by atoms with Crippen LogP contribution in [0.5, 0.6) is 0 Å². The lowest BCUT2D eigenvalue weighted by Crippen LogP contribution is -2.14. The molecule has 1 heterocycles. The lowest BCUT2D eigenvalue weighted by atomic mass is 10.2. The second kappa shape index (κ2) is 6.90. The predicted molar refractivity (Wildman–Crippen MR) is 81.2 cm³/mol. The summed E-state index contributed by atoms with van der Waals surface area (Å²) in [6.45, 7) is 1.90. The molecule has 0 spiro atoms. The monoisotopic (exact) mass is 306 g/mol. The van der Waals surface area contributed by atoms with Crippen LogP contribution in [0.15, 0.2) is 36.7 Å². The molecule has 0 atom stereocenters. The number of nitrogens with one attached hydrogen (secondary N) is 2. The minimum atomic E-state index is -0.135. The first-order valence-electron chi connectivity index (χ1n) is 6.38. The average Bonchev–Trinajstić information content (AvgIpc) is 2.84. The molecule has 7 heteroatoms. The van der Waals surface area contributed by atoms with Gasteiger partial charge in [-0.1, -0.05) is 11.6 Å². The fourth-order valence-corrected chi connectivity index (χ4v) is 1.90. The van der Waals surface area contributed by atoms with Crippen molar-refractivity contribution in [2.75, 3.05) is 10.6 Å². The van der Waals surface area contributed by atoms with Crippen molar-refractivity contribution in [3.05, 3.63) is 41.7 Å². The first-order chi connectivity index (χ1) is 10.0. The molecule has 1 aromatic carbocycles. The lowest BCUT2D eigenvalue weighted by Gasteiger charge is -2.07. The molecule has 2 rings (SSSR count). The Kier molecular flexibility index (Phi) is 4.94. The molecule has 21 heavy (non-hydrogen) atoms. The van der Waals surface area contributed by atoms with Gasteiger partial charge in [-0.15, -0.1) is 0 Å². The first-order valence-corrected chi connectivity index (χ1v) is 6.76. The van der Waals surface area contributed by atoms with Gasteiger partial charge in [0.2, 0.25) is 11.8 Å². The van der Waals surface area contributed by atoms with Crippen LogP contribution in [0.4, 0.5) is 11.4 Å². The normalized spacial score (nSPS) is 10.2. The molecule has 2 amide bonds. The number of halogens is 1. The number of rotatable bonds is 5. The number of hydrogen-bond donors (Lipinski definition) is 2. The number of carbonyl (C=O) groups excluding carboxylic acids is 2. The maximum atomic E-state index is 11.8. The molecule has 0 unspecified atom stereocenters. The van der Waals surface area contributed by atoms with Gasteiger partial charge < -0.3 is 10.6 Å². The van der Waals surface area contributed by atoms with E-state index in [1.165, 1.54) is 13.1 Å². The molecule has 6 nitrogen and oxygen atoms in total. The number of aromatic nitrogens is 2. The summed E-state index contributed by atoms with van der Waals surface area (Å²) >= 11 is 5.74. The summed E-state index contributed by atoms with van der Waals surface area (Å²) in [5, 5.41) is 9.98. The summed E-state index contributed by atoms with van der Waals surface area (Å²) in [7, 11) is 0. The van der Waals surface area contributed by atoms with Crippen LogP contribution >= 0.6 is 11.6 Å². The molecule has 0 radical (unpaired) electrons. The highest BCUT2D eigenvalue weighted by atomic mass is 35.5. The van der Waals surface area contributed by atoms with E-state index in [9.17, 15) is 9.59 Å². The molecule has 0 saturated heterocycles. The molecule has 110 valence electrons. The number of hydrogen-bond acceptors (Lipinski definition) is 3. The Morgan fingerprint density at radius 1 is 1.19 bits per heavy atom. The van der Waals surface area contributed by atoms with Crippen molar-refractivity contribution in [3.8, 4) is 0 Å². The van der Waals surface area contributed by atoms with E-state index in [4.69, 9.17) is 11.6 Å². The first kappa shape index (κ1) is 15.1. The minimum absolute atomic E-state index is 0.117. The third-order valence-electron chi connectivity index (χ3n) is 2.66. The standard InChI is InChI=1S/C14H15ClN4O2/c1-10(20)17-12-2-4-13(5-3-12)18-14(21)6-7-19-9-11(15)8-16-19/h2-5,8-9H,6-7H2,1H3,(H,17,20)(H,18,21). The van der Waals surface area contributed by atoms with E-state index in [0.717, 1.165) is 0 Å². The largest absolute Gasteiger partial charge is 0.326 e. The molecular formula is C14H15ClN4O2. The van der Waals surface area contributed by atoms with Crippen molar-refractivity contribution in [1.82, 2.24) is 9.78 Å². The van der Waals surface area contributed by atoms with E-state index in [1.807, 2.05) is 0 Å². The van der Waals surface area contributed by atoms with E-state index in [2.05, 4.69) is 15.7 Å². The van der Waals surface area contributed by atoms with Crippen LogP contribution in [0.2, 0.25) is 5.02 Å². The van der Waals surface area contributed by atoms with Gasteiger partial charge in [-0.3, -0.25) is 14.3 Å². The fourth-order valence-electron chi connectivity index (χ4n) is 1.74. The summed E-state index contributed by atoms with van der Waals surface area (Å²) in [4.78, 5) is 22.7. The molecule has 1 aromatic heterocycles. The van der Waals surface area contributed by atoms with Gasteiger partial charge in [0, 0.05) is 37.5 Å². The molecule has 0 saturated carbocycles. The van der Waals surface area contributed by atoms with Gasteiger partial charge in [0.1, 0.15) is 0 Å². The highest BCUT2D eigenvalue weighted by Crippen LogP contribution is 2.14. The summed E-state index contributed by atoms with van der Waals surface area (Å²) in [6, 6.07) is 6.91. The Labute approximate surface area is 127 Å². The molecule has 0 aliphatic rings. The molecule has 0 aliphatic heterocycles. The van der Waals surface area contributed by atoms with Gasteiger partial charge in [0.05, 0.1) is 11.2 Å². The van der Waals surface area contributed by atoms with E-state index in [1.54, 1.807) is 35.1 Å². The van der Waals surface area contributed by atoms with Crippen molar-refractivity contribution in [3.63, 3.8) is 0 Å². The third kappa shape index (κ3) is 4.92. The SMILES string of the molecule is CC(=O)Nc1ccc(NC(=O)CCn2cc(Cl)cn2)cc1. The zero-order valence-corrected chi connectivity index (χ0v) is 12.2. The van der Waals surface area contributed by atoms with E-state index in [-0.39, 0.29) is 11.8 Å². The van der Waals surface area contributed by atoms with Gasteiger partial charge in [0.15, 0.2) is 0 Å². The van der Waals surface area contributed by atoms with E-state index < -0.39 is 0 Å². The van der Waals surface area contributed by atoms with Crippen LogP contribution in [-0.2, 0) is 16.1 Å². The Hall–Kier alpha value is -2.34. The molecular weight excluding hydrogens is 292 g/mol. The van der Waals surface area contributed by atoms with Crippen LogP contribution in [-0.4, -0.2) is 21.6 Å². The number of anilines is 2. The van der Waals surface area contributed by atoms with Gasteiger partial charge in [-0.25, -0.2) is 0 Å². The maximum Gasteiger partial charge on any atom is 0.226 e. The van der Waals surface area contributed by atoms with Gasteiger partial charge in [-0.2, -0.15) is 5.10 Å². The van der Waals surface area contributed by atoms with Gasteiger partial charge >= 0.3 is 0 Å². The van der Waals surface area contributed by atoms with Crippen molar-refractivity contribution >= 4 is 34.8 Å². The number of aryl methyl sites for hydroxylation is 1. The van der Waals surface area contributed by atoms with Crippen LogP contribution in [0, 0.1) is 0 Å². The van der Waals surface area contributed by atoms with Gasteiger partial charge in [0.25, 0.3) is 0 Å². The predicted octanol–water partition coefficient (Wildman–Crippen LogP) is 2.52. The maximum absolute atomic E-state index is 11.8. The van der Waals surface area contributed by atoms with Crippen LogP contribution in [0.3, 0.4) is 0 Å². The van der Waals surface area contributed by atoms with Crippen molar-refractivity contribution in [2.45, 2.75) is 19.9 Å². The lowest BCUT2D eigenvalue weighted by molar-refractivity contribution is -0.116. The van der Waals surface area contributed by atoms with Crippen LogP contribution < -0.4 is 10.6 Å². The number of nitrogens with zero attached hydrogens (tertiary/aromatic N) is 2. The third-order valence-corrected chi connectivity index (χ3v) is 2.85. The van der Waals surface area contributed by atoms with Crippen molar-refractivity contribution < 1.29 is 9.59 Å². The number of carbonyl (C=O) groups is 2. The zero-order chi connectivity index (χ0) is 15.2. The molecule has 0 bridgehead atoms. The smallest absolute Gasteiger partial charge is 0.226 e. The zero-order valence-electron chi connectivity index (χ0n) is 11.5. The second-order valence-electron chi connectivity index (χ2n) is 4.48. The molecule has 2 aromatic rings. The Morgan fingerprint density at radius 2 is 1.81 bits per heavy atom. The highest BCUT2D eigenvalue weighted by molar-refractivity contribution is 6.30.